The normalized spacial score (nSPS) is 22.1. The lowest BCUT2D eigenvalue weighted by molar-refractivity contribution is -0.147. The lowest BCUT2D eigenvalue weighted by atomic mass is 9.79. The van der Waals surface area contributed by atoms with E-state index in [0.717, 1.165) is 11.1 Å². The molecule has 0 N–H and O–H groups in total. The summed E-state index contributed by atoms with van der Waals surface area (Å²) in [6, 6.07) is 18.7. The van der Waals surface area contributed by atoms with Crippen LogP contribution in [0.15, 0.2) is 73.3 Å². The number of esters is 1. The van der Waals surface area contributed by atoms with Gasteiger partial charge in [0.1, 0.15) is 6.61 Å². The smallest absolute Gasteiger partial charge is 0.414 e. The Bertz CT molecular complexity index is 852. The van der Waals surface area contributed by atoms with Gasteiger partial charge in [-0.2, -0.15) is 0 Å². The third kappa shape index (κ3) is 3.90. The van der Waals surface area contributed by atoms with Gasteiger partial charge in [0, 0.05) is 5.56 Å². The van der Waals surface area contributed by atoms with Crippen LogP contribution in [0.25, 0.3) is 0 Å². The Balaban J connectivity index is 1.99. The van der Waals surface area contributed by atoms with Crippen molar-refractivity contribution in [1.29, 1.82) is 0 Å². The highest BCUT2D eigenvalue weighted by Gasteiger charge is 2.60. The Labute approximate surface area is 171 Å². The molecule has 0 bridgehead atoms. The molecule has 152 valence electrons. The van der Waals surface area contributed by atoms with E-state index in [-0.39, 0.29) is 12.5 Å². The van der Waals surface area contributed by atoms with Gasteiger partial charge in [-0.05, 0) is 17.9 Å². The minimum absolute atomic E-state index is 0.122. The molecular formula is C24H27NO4. The fourth-order valence-corrected chi connectivity index (χ4v) is 3.83. The zero-order valence-electron chi connectivity index (χ0n) is 16.9. The number of nitrogens with zero attached hydrogens (tertiary/aromatic N) is 1. The maximum absolute atomic E-state index is 13.3. The van der Waals surface area contributed by atoms with E-state index in [9.17, 15) is 9.59 Å². The molecule has 29 heavy (non-hydrogen) atoms. The first kappa shape index (κ1) is 20.6. The number of rotatable bonds is 7. The maximum Gasteiger partial charge on any atom is 0.414 e. The number of benzene rings is 2. The quantitative estimate of drug-likeness (QED) is 0.477. The molecule has 1 aliphatic heterocycles. The van der Waals surface area contributed by atoms with Crippen molar-refractivity contribution in [1.82, 2.24) is 4.90 Å². The van der Waals surface area contributed by atoms with Gasteiger partial charge in [0.2, 0.25) is 6.23 Å². The zero-order valence-corrected chi connectivity index (χ0v) is 16.9. The highest BCUT2D eigenvalue weighted by molar-refractivity contribution is 5.89. The predicted octanol–water partition coefficient (Wildman–Crippen LogP) is 5.24. The molecule has 0 aliphatic carbocycles. The maximum atomic E-state index is 13.3. The second-order valence-corrected chi connectivity index (χ2v) is 7.30. The molecule has 2 unspecified atom stereocenters. The molecule has 5 nitrogen and oxygen atoms in total. The predicted molar refractivity (Wildman–Crippen MR) is 111 cm³/mol. The SMILES string of the molecule is C=CC[C@]1(C(C)CC)C(=O)OC(c2ccccc2)N1C(=O)OCc1ccccc1. The van der Waals surface area contributed by atoms with Crippen LogP contribution in [0, 0.1) is 5.92 Å². The van der Waals surface area contributed by atoms with Crippen molar-refractivity contribution in [3.63, 3.8) is 0 Å². The summed E-state index contributed by atoms with van der Waals surface area (Å²) in [6.07, 6.45) is 1.26. The molecule has 1 aliphatic rings. The number of carbonyl (C=O) groups is 2. The topological polar surface area (TPSA) is 55.8 Å². The fourth-order valence-electron chi connectivity index (χ4n) is 3.83. The van der Waals surface area contributed by atoms with Crippen molar-refractivity contribution in [2.75, 3.05) is 0 Å². The molecular weight excluding hydrogens is 366 g/mol. The van der Waals surface area contributed by atoms with Crippen LogP contribution in [0.1, 0.15) is 44.0 Å². The summed E-state index contributed by atoms with van der Waals surface area (Å²) in [7, 11) is 0. The first-order valence-electron chi connectivity index (χ1n) is 9.91. The number of cyclic esters (lactones) is 1. The average molecular weight is 393 g/mol. The van der Waals surface area contributed by atoms with Crippen LogP contribution in [-0.4, -0.2) is 22.5 Å². The number of carbonyl (C=O) groups excluding carboxylic acids is 2. The van der Waals surface area contributed by atoms with Gasteiger partial charge in [0.15, 0.2) is 5.54 Å². The van der Waals surface area contributed by atoms with Crippen LogP contribution < -0.4 is 0 Å². The number of hydrogen-bond acceptors (Lipinski definition) is 4. The van der Waals surface area contributed by atoms with Crippen molar-refractivity contribution in [2.45, 2.75) is 45.1 Å². The van der Waals surface area contributed by atoms with Gasteiger partial charge in [-0.1, -0.05) is 87.0 Å². The van der Waals surface area contributed by atoms with Crippen LogP contribution >= 0.6 is 0 Å². The van der Waals surface area contributed by atoms with Gasteiger partial charge in [-0.3, -0.25) is 4.90 Å². The second kappa shape index (κ2) is 8.95. The summed E-state index contributed by atoms with van der Waals surface area (Å²) in [5, 5.41) is 0. The molecule has 0 spiro atoms. The van der Waals surface area contributed by atoms with E-state index in [0.29, 0.717) is 12.8 Å². The van der Waals surface area contributed by atoms with Crippen molar-refractivity contribution < 1.29 is 19.1 Å². The third-order valence-electron chi connectivity index (χ3n) is 5.61. The van der Waals surface area contributed by atoms with E-state index in [2.05, 4.69) is 6.58 Å². The van der Waals surface area contributed by atoms with E-state index in [1.54, 1.807) is 6.08 Å². The van der Waals surface area contributed by atoms with Crippen molar-refractivity contribution >= 4 is 12.1 Å². The van der Waals surface area contributed by atoms with E-state index in [1.807, 2.05) is 74.5 Å². The molecule has 0 saturated carbocycles. The number of ether oxygens (including phenoxy) is 2. The van der Waals surface area contributed by atoms with Crippen LogP contribution in [0.5, 0.6) is 0 Å². The van der Waals surface area contributed by atoms with Crippen LogP contribution in [0.4, 0.5) is 4.79 Å². The van der Waals surface area contributed by atoms with Crippen LogP contribution in [0.3, 0.4) is 0 Å². The van der Waals surface area contributed by atoms with Gasteiger partial charge < -0.3 is 9.47 Å². The van der Waals surface area contributed by atoms with Crippen LogP contribution in [-0.2, 0) is 20.9 Å². The van der Waals surface area contributed by atoms with Crippen molar-refractivity contribution in [3.05, 3.63) is 84.4 Å². The first-order chi connectivity index (χ1) is 14.0. The van der Waals surface area contributed by atoms with Gasteiger partial charge in [-0.25, -0.2) is 9.59 Å². The van der Waals surface area contributed by atoms with E-state index in [4.69, 9.17) is 9.47 Å². The minimum Gasteiger partial charge on any atom is -0.444 e. The zero-order chi connectivity index (χ0) is 20.9. The standard InChI is InChI=1S/C24H27NO4/c1-4-16-24(18(3)5-2)22(26)29-21(20-14-10-7-11-15-20)25(24)23(27)28-17-19-12-8-6-9-13-19/h4,6-15,18,21H,1,5,16-17H2,2-3H3/t18?,21?,24-/m0/s1. The summed E-state index contributed by atoms with van der Waals surface area (Å²) in [5.41, 5.74) is 0.457. The molecule has 1 saturated heterocycles. The molecule has 5 heteroatoms. The van der Waals surface area contributed by atoms with E-state index in [1.165, 1.54) is 4.90 Å². The average Bonchev–Trinajstić information content (AvgIpc) is 3.06. The van der Waals surface area contributed by atoms with E-state index >= 15 is 0 Å². The highest BCUT2D eigenvalue weighted by Crippen LogP contribution is 2.46. The lowest BCUT2D eigenvalue weighted by Gasteiger charge is -2.39. The van der Waals surface area contributed by atoms with Gasteiger partial charge >= 0.3 is 12.1 Å². The van der Waals surface area contributed by atoms with Gasteiger partial charge in [0.05, 0.1) is 0 Å². The number of hydrogen-bond donors (Lipinski definition) is 0. The first-order valence-corrected chi connectivity index (χ1v) is 9.91. The molecule has 1 fully saturated rings. The molecule has 0 radical (unpaired) electrons. The molecule has 1 amide bonds. The van der Waals surface area contributed by atoms with Gasteiger partial charge in [-0.15, -0.1) is 6.58 Å². The molecule has 3 atom stereocenters. The van der Waals surface area contributed by atoms with Crippen molar-refractivity contribution in [2.24, 2.45) is 5.92 Å². The molecule has 3 rings (SSSR count). The van der Waals surface area contributed by atoms with E-state index < -0.39 is 23.8 Å². The monoisotopic (exact) mass is 393 g/mol. The number of amides is 1. The molecule has 0 aromatic heterocycles. The summed E-state index contributed by atoms with van der Waals surface area (Å²) < 4.78 is 11.4. The highest BCUT2D eigenvalue weighted by atomic mass is 16.6. The fraction of sp³-hybridized carbons (Fsp3) is 0.333. The summed E-state index contributed by atoms with van der Waals surface area (Å²) in [4.78, 5) is 27.9. The largest absolute Gasteiger partial charge is 0.444 e. The Morgan fingerprint density at radius 3 is 2.41 bits per heavy atom. The van der Waals surface area contributed by atoms with Crippen LogP contribution in [0.2, 0.25) is 0 Å². The van der Waals surface area contributed by atoms with Crippen molar-refractivity contribution in [3.8, 4) is 0 Å². The summed E-state index contributed by atoms with van der Waals surface area (Å²) in [5.74, 6) is -0.553. The Hall–Kier alpha value is -3.08. The summed E-state index contributed by atoms with van der Waals surface area (Å²) in [6.45, 7) is 7.89. The Kier molecular flexibility index (Phi) is 6.37. The molecule has 2 aromatic carbocycles. The van der Waals surface area contributed by atoms with Gasteiger partial charge in [0.25, 0.3) is 0 Å². The molecule has 1 heterocycles. The Morgan fingerprint density at radius 2 is 1.83 bits per heavy atom. The second-order valence-electron chi connectivity index (χ2n) is 7.30. The Morgan fingerprint density at radius 1 is 1.21 bits per heavy atom. The minimum atomic E-state index is -1.15. The summed E-state index contributed by atoms with van der Waals surface area (Å²) >= 11 is 0. The lowest BCUT2D eigenvalue weighted by Crippen LogP contribution is -2.55. The molecule has 2 aromatic rings. The third-order valence-corrected chi connectivity index (χ3v) is 5.61.